The Bertz CT molecular complexity index is 1010. The molecule has 1 aromatic carbocycles. The number of sulfone groups is 1. The van der Waals surface area contributed by atoms with Crippen molar-refractivity contribution in [1.82, 2.24) is 0 Å². The minimum atomic E-state index is -3.83. The molecule has 0 aliphatic heterocycles. The van der Waals surface area contributed by atoms with E-state index in [9.17, 15) is 18.0 Å². The number of ether oxygens (including phenoxy) is 1. The Morgan fingerprint density at radius 1 is 1.29 bits per heavy atom. The Kier molecular flexibility index (Phi) is 5.76. The van der Waals surface area contributed by atoms with E-state index in [1.807, 2.05) is 0 Å². The van der Waals surface area contributed by atoms with Crippen LogP contribution in [0.15, 0.2) is 29.2 Å². The van der Waals surface area contributed by atoms with Gasteiger partial charge in [0.05, 0.1) is 17.6 Å². The Balaban J connectivity index is 1.80. The molecule has 2 amide bonds. The zero-order valence-corrected chi connectivity index (χ0v) is 17.3. The molecule has 7 nitrogen and oxygen atoms in total. The summed E-state index contributed by atoms with van der Waals surface area (Å²) in [5.41, 5.74) is 6.71. The summed E-state index contributed by atoms with van der Waals surface area (Å²) in [5, 5.41) is 2.92. The van der Waals surface area contributed by atoms with Gasteiger partial charge in [-0.3, -0.25) is 9.59 Å². The highest BCUT2D eigenvalue weighted by Crippen LogP contribution is 2.39. The lowest BCUT2D eigenvalue weighted by atomic mass is 9.88. The molecule has 1 aromatic heterocycles. The standard InChI is InChI=1S/C19H22N2O5S2/c1-11-3-8-14-15(9-11)27-19(17(14)18(20)23)21-16(22)10-28(24,25)13-6-4-12(26-2)5-7-13/h4-7,11H,3,8-10H2,1-2H3,(H2,20,23)(H,21,22)/t11-/m1/s1. The third-order valence-electron chi connectivity index (χ3n) is 4.75. The number of methoxy groups -OCH3 is 1. The molecule has 0 saturated carbocycles. The van der Waals surface area contributed by atoms with E-state index in [0.29, 0.717) is 22.2 Å². The average Bonchev–Trinajstić information content (AvgIpc) is 2.97. The van der Waals surface area contributed by atoms with Gasteiger partial charge in [-0.1, -0.05) is 6.92 Å². The number of nitrogens with one attached hydrogen (secondary N) is 1. The number of fused-ring (bicyclic) bond motifs is 1. The topological polar surface area (TPSA) is 116 Å². The molecule has 0 radical (unpaired) electrons. The summed E-state index contributed by atoms with van der Waals surface area (Å²) in [6.45, 7) is 2.13. The van der Waals surface area contributed by atoms with Crippen molar-refractivity contribution >= 4 is 38.0 Å². The van der Waals surface area contributed by atoms with Crippen molar-refractivity contribution in [3.63, 3.8) is 0 Å². The van der Waals surface area contributed by atoms with Crippen LogP contribution in [0.5, 0.6) is 5.75 Å². The van der Waals surface area contributed by atoms with Gasteiger partial charge < -0.3 is 15.8 Å². The number of anilines is 1. The van der Waals surface area contributed by atoms with Gasteiger partial charge in [0.1, 0.15) is 16.5 Å². The molecule has 0 saturated heterocycles. The highest BCUT2D eigenvalue weighted by molar-refractivity contribution is 7.92. The van der Waals surface area contributed by atoms with Crippen LogP contribution in [-0.4, -0.2) is 33.1 Å². The fraction of sp³-hybridized carbons (Fsp3) is 0.368. The van der Waals surface area contributed by atoms with Crippen molar-refractivity contribution in [2.75, 3.05) is 18.2 Å². The number of thiophene rings is 1. The van der Waals surface area contributed by atoms with Gasteiger partial charge in [-0.25, -0.2) is 8.42 Å². The van der Waals surface area contributed by atoms with Crippen LogP contribution in [-0.2, 0) is 27.5 Å². The maximum Gasteiger partial charge on any atom is 0.251 e. The van der Waals surface area contributed by atoms with Crippen LogP contribution in [0.4, 0.5) is 5.00 Å². The molecule has 1 atom stereocenters. The van der Waals surface area contributed by atoms with Crippen molar-refractivity contribution in [2.24, 2.45) is 11.7 Å². The summed E-state index contributed by atoms with van der Waals surface area (Å²) in [5.74, 6) is -1.03. The third kappa shape index (κ3) is 4.20. The largest absolute Gasteiger partial charge is 0.497 e. The third-order valence-corrected chi connectivity index (χ3v) is 7.55. The summed E-state index contributed by atoms with van der Waals surface area (Å²) in [6, 6.07) is 5.82. The minimum Gasteiger partial charge on any atom is -0.497 e. The van der Waals surface area contributed by atoms with Crippen LogP contribution in [0.1, 0.15) is 34.1 Å². The van der Waals surface area contributed by atoms with Gasteiger partial charge in [0, 0.05) is 4.88 Å². The van der Waals surface area contributed by atoms with Crippen molar-refractivity contribution in [3.8, 4) is 5.75 Å². The van der Waals surface area contributed by atoms with Gasteiger partial charge in [0.15, 0.2) is 9.84 Å². The Labute approximate surface area is 167 Å². The van der Waals surface area contributed by atoms with Crippen LogP contribution in [0, 0.1) is 5.92 Å². The van der Waals surface area contributed by atoms with Crippen molar-refractivity contribution in [2.45, 2.75) is 31.1 Å². The molecule has 3 N–H and O–H groups in total. The van der Waals surface area contributed by atoms with Crippen molar-refractivity contribution in [3.05, 3.63) is 40.3 Å². The lowest BCUT2D eigenvalue weighted by Crippen LogP contribution is -2.24. The fourth-order valence-corrected chi connectivity index (χ4v) is 5.87. The number of rotatable bonds is 6. The van der Waals surface area contributed by atoms with E-state index in [2.05, 4.69) is 12.2 Å². The van der Waals surface area contributed by atoms with Crippen molar-refractivity contribution < 1.29 is 22.7 Å². The minimum absolute atomic E-state index is 0.0258. The van der Waals surface area contributed by atoms with Crippen LogP contribution in [0.25, 0.3) is 0 Å². The molecular formula is C19H22N2O5S2. The molecule has 150 valence electrons. The number of carbonyl (C=O) groups excluding carboxylic acids is 2. The average molecular weight is 423 g/mol. The molecule has 1 heterocycles. The van der Waals surface area contributed by atoms with Gasteiger partial charge in [0.25, 0.3) is 5.91 Å². The number of carbonyl (C=O) groups is 2. The quantitative estimate of drug-likeness (QED) is 0.742. The zero-order valence-electron chi connectivity index (χ0n) is 15.7. The van der Waals surface area contributed by atoms with E-state index in [0.717, 1.165) is 29.7 Å². The fourth-order valence-electron chi connectivity index (χ4n) is 3.30. The first-order valence-electron chi connectivity index (χ1n) is 8.82. The maximum absolute atomic E-state index is 12.5. The summed E-state index contributed by atoms with van der Waals surface area (Å²) in [7, 11) is -2.35. The number of hydrogen-bond acceptors (Lipinski definition) is 6. The molecule has 1 aliphatic carbocycles. The van der Waals surface area contributed by atoms with Gasteiger partial charge in [0.2, 0.25) is 5.91 Å². The first-order chi connectivity index (χ1) is 13.2. The smallest absolute Gasteiger partial charge is 0.251 e. The summed E-state index contributed by atoms with van der Waals surface area (Å²) in [6.07, 6.45) is 2.49. The molecule has 2 aromatic rings. The number of primary amides is 1. The molecule has 1 aliphatic rings. The molecule has 3 rings (SSSR count). The Morgan fingerprint density at radius 3 is 2.57 bits per heavy atom. The summed E-state index contributed by atoms with van der Waals surface area (Å²) < 4.78 is 30.0. The second-order valence-electron chi connectivity index (χ2n) is 6.90. The maximum atomic E-state index is 12.5. The van der Waals surface area contributed by atoms with E-state index in [-0.39, 0.29) is 4.90 Å². The van der Waals surface area contributed by atoms with Crippen LogP contribution >= 0.6 is 11.3 Å². The predicted molar refractivity (Wildman–Crippen MR) is 108 cm³/mol. The first-order valence-corrected chi connectivity index (χ1v) is 11.3. The lowest BCUT2D eigenvalue weighted by molar-refractivity contribution is -0.113. The van der Waals surface area contributed by atoms with E-state index in [1.165, 1.54) is 42.7 Å². The molecule has 0 bridgehead atoms. The van der Waals surface area contributed by atoms with E-state index < -0.39 is 27.4 Å². The number of benzene rings is 1. The van der Waals surface area contributed by atoms with E-state index in [4.69, 9.17) is 10.5 Å². The van der Waals surface area contributed by atoms with Gasteiger partial charge >= 0.3 is 0 Å². The summed E-state index contributed by atoms with van der Waals surface area (Å²) >= 11 is 1.30. The van der Waals surface area contributed by atoms with Gasteiger partial charge in [-0.2, -0.15) is 0 Å². The predicted octanol–water partition coefficient (Wildman–Crippen LogP) is 2.39. The highest BCUT2D eigenvalue weighted by Gasteiger charge is 2.28. The molecular weight excluding hydrogens is 400 g/mol. The lowest BCUT2D eigenvalue weighted by Gasteiger charge is -2.18. The van der Waals surface area contributed by atoms with Crippen molar-refractivity contribution in [1.29, 1.82) is 0 Å². The number of amides is 2. The Hall–Kier alpha value is -2.39. The first kappa shape index (κ1) is 20.3. The van der Waals surface area contributed by atoms with Crippen LogP contribution in [0.2, 0.25) is 0 Å². The number of nitrogens with two attached hydrogens (primary N) is 1. The summed E-state index contributed by atoms with van der Waals surface area (Å²) in [4.78, 5) is 25.4. The second-order valence-corrected chi connectivity index (χ2v) is 10.00. The van der Waals surface area contributed by atoms with E-state index >= 15 is 0 Å². The Morgan fingerprint density at radius 2 is 1.96 bits per heavy atom. The van der Waals surface area contributed by atoms with Gasteiger partial charge in [-0.15, -0.1) is 11.3 Å². The van der Waals surface area contributed by atoms with Gasteiger partial charge in [-0.05, 0) is 55.0 Å². The monoisotopic (exact) mass is 422 g/mol. The highest BCUT2D eigenvalue weighted by atomic mass is 32.2. The molecule has 9 heteroatoms. The number of hydrogen-bond donors (Lipinski definition) is 2. The zero-order chi connectivity index (χ0) is 20.5. The van der Waals surface area contributed by atoms with E-state index in [1.54, 1.807) is 0 Å². The SMILES string of the molecule is COc1ccc(S(=O)(=O)CC(=O)Nc2sc3c(c2C(N)=O)CC[C@@H](C)C3)cc1. The normalized spacial score (nSPS) is 16.3. The second kappa shape index (κ2) is 7.92. The molecule has 28 heavy (non-hydrogen) atoms. The molecule has 0 unspecified atom stereocenters. The molecule has 0 spiro atoms. The van der Waals surface area contributed by atoms with Crippen LogP contribution in [0.3, 0.4) is 0 Å². The van der Waals surface area contributed by atoms with Crippen LogP contribution < -0.4 is 15.8 Å². The molecule has 0 fully saturated rings.